The van der Waals surface area contributed by atoms with Crippen molar-refractivity contribution in [3.63, 3.8) is 0 Å². The minimum Gasteiger partial charge on any atom is -0.497 e. The van der Waals surface area contributed by atoms with Crippen molar-refractivity contribution in [2.75, 3.05) is 36.6 Å². The number of rotatable bonds is 4. The van der Waals surface area contributed by atoms with E-state index in [-0.39, 0.29) is 6.10 Å². The first-order valence-electron chi connectivity index (χ1n) is 11.3. The molecular weight excluding hydrogens is 446 g/mol. The molecular formula is C28H25NO2S2. The Bertz CT molecular complexity index is 1320. The molecule has 0 N–H and O–H groups in total. The maximum absolute atomic E-state index is 6.71. The van der Waals surface area contributed by atoms with Gasteiger partial charge in [0, 0.05) is 63.3 Å². The van der Waals surface area contributed by atoms with Gasteiger partial charge in [0.2, 0.25) is 0 Å². The predicted octanol–water partition coefficient (Wildman–Crippen LogP) is 7.28. The predicted molar refractivity (Wildman–Crippen MR) is 142 cm³/mol. The van der Waals surface area contributed by atoms with Gasteiger partial charge >= 0.3 is 0 Å². The van der Waals surface area contributed by atoms with Crippen molar-refractivity contribution >= 4 is 45.6 Å². The Hall–Kier alpha value is -2.89. The molecule has 0 bridgehead atoms. The monoisotopic (exact) mass is 471 g/mol. The number of benzene rings is 3. The summed E-state index contributed by atoms with van der Waals surface area (Å²) < 4.78 is 12.2. The van der Waals surface area contributed by atoms with Gasteiger partial charge in [-0.1, -0.05) is 42.5 Å². The first kappa shape index (κ1) is 20.7. The average Bonchev–Trinajstić information content (AvgIpc) is 3.43. The number of thioether (sulfide) groups is 1. The third kappa shape index (κ3) is 3.79. The van der Waals surface area contributed by atoms with Crippen molar-refractivity contribution in [3.8, 4) is 21.9 Å². The number of fused-ring (bicyclic) bond motifs is 3. The van der Waals surface area contributed by atoms with Crippen LogP contribution >= 0.6 is 23.1 Å². The van der Waals surface area contributed by atoms with Crippen LogP contribution in [0.3, 0.4) is 0 Å². The highest BCUT2D eigenvalue weighted by Gasteiger charge is 2.25. The van der Waals surface area contributed by atoms with E-state index < -0.39 is 0 Å². The first-order valence-corrected chi connectivity index (χ1v) is 13.3. The van der Waals surface area contributed by atoms with Gasteiger partial charge in [0.15, 0.2) is 0 Å². The minimum absolute atomic E-state index is 0.147. The molecule has 0 radical (unpaired) electrons. The number of thiophene rings is 1. The lowest BCUT2D eigenvalue weighted by atomic mass is 9.95. The van der Waals surface area contributed by atoms with Crippen molar-refractivity contribution in [2.45, 2.75) is 6.10 Å². The molecule has 1 unspecified atom stereocenters. The maximum atomic E-state index is 6.71. The standard InChI is InChI=1S/C28H25NO2S2/c1-30-19-8-9-23(24(17-19)28-7-4-14-33-28)26-11-10-22-20-5-2-3-6-21(20)25(18-27(22)31-26)29-12-15-32-16-13-29/h2-11,14,17-18,26H,12-13,15-16H2,1H3. The number of ether oxygens (including phenoxy) is 2. The largest absolute Gasteiger partial charge is 0.497 e. The van der Waals surface area contributed by atoms with E-state index in [4.69, 9.17) is 9.47 Å². The van der Waals surface area contributed by atoms with Crippen LogP contribution < -0.4 is 14.4 Å². The summed E-state index contributed by atoms with van der Waals surface area (Å²) in [6.45, 7) is 2.15. The first-order chi connectivity index (χ1) is 16.3. The lowest BCUT2D eigenvalue weighted by molar-refractivity contribution is 0.252. The van der Waals surface area contributed by atoms with E-state index in [0.717, 1.165) is 35.7 Å². The normalized spacial score (nSPS) is 17.6. The van der Waals surface area contributed by atoms with Crippen LogP contribution in [0.4, 0.5) is 5.69 Å². The Kier molecular flexibility index (Phi) is 5.52. The van der Waals surface area contributed by atoms with Gasteiger partial charge in [-0.15, -0.1) is 11.3 Å². The number of methoxy groups -OCH3 is 1. The van der Waals surface area contributed by atoms with Gasteiger partial charge in [0.05, 0.1) is 7.11 Å². The summed E-state index contributed by atoms with van der Waals surface area (Å²) in [6.07, 6.45) is 4.28. The molecule has 0 saturated carbocycles. The van der Waals surface area contributed by atoms with Crippen LogP contribution in [-0.4, -0.2) is 31.7 Å². The Morgan fingerprint density at radius 3 is 2.61 bits per heavy atom. The fourth-order valence-corrected chi connectivity index (χ4v) is 6.44. The van der Waals surface area contributed by atoms with E-state index in [0.29, 0.717) is 0 Å². The molecule has 2 aliphatic heterocycles. The molecule has 33 heavy (non-hydrogen) atoms. The highest BCUT2D eigenvalue weighted by molar-refractivity contribution is 7.99. The van der Waals surface area contributed by atoms with Crippen LogP contribution in [0.5, 0.6) is 11.5 Å². The smallest absolute Gasteiger partial charge is 0.143 e. The van der Waals surface area contributed by atoms with Crippen molar-refractivity contribution in [1.82, 2.24) is 0 Å². The zero-order valence-electron chi connectivity index (χ0n) is 18.5. The van der Waals surface area contributed by atoms with Crippen LogP contribution in [0.15, 0.2) is 72.1 Å². The van der Waals surface area contributed by atoms with Crippen LogP contribution in [0.1, 0.15) is 17.2 Å². The second-order valence-electron chi connectivity index (χ2n) is 8.28. The van der Waals surface area contributed by atoms with Crippen LogP contribution in [-0.2, 0) is 0 Å². The quantitative estimate of drug-likeness (QED) is 0.312. The summed E-state index contributed by atoms with van der Waals surface area (Å²) in [7, 11) is 1.71. The van der Waals surface area contributed by atoms with Crippen molar-refractivity contribution in [3.05, 3.63) is 83.2 Å². The summed E-state index contributed by atoms with van der Waals surface area (Å²) in [5.41, 5.74) is 4.77. The third-order valence-corrected chi connectivity index (χ3v) is 8.27. The fraction of sp³-hybridized carbons (Fsp3) is 0.214. The molecule has 3 heterocycles. The van der Waals surface area contributed by atoms with E-state index in [1.54, 1.807) is 18.4 Å². The second-order valence-corrected chi connectivity index (χ2v) is 10.5. The molecule has 0 amide bonds. The van der Waals surface area contributed by atoms with E-state index in [2.05, 4.69) is 77.0 Å². The van der Waals surface area contributed by atoms with E-state index in [1.807, 2.05) is 17.8 Å². The molecule has 166 valence electrons. The summed E-state index contributed by atoms with van der Waals surface area (Å²) in [4.78, 5) is 3.73. The summed E-state index contributed by atoms with van der Waals surface area (Å²) in [5, 5.41) is 4.67. The Morgan fingerprint density at radius 1 is 0.970 bits per heavy atom. The third-order valence-electron chi connectivity index (χ3n) is 6.42. The summed E-state index contributed by atoms with van der Waals surface area (Å²) in [5.74, 6) is 4.16. The Morgan fingerprint density at radius 2 is 1.82 bits per heavy atom. The second kappa shape index (κ2) is 8.81. The van der Waals surface area contributed by atoms with E-state index >= 15 is 0 Å². The maximum Gasteiger partial charge on any atom is 0.143 e. The molecule has 0 spiro atoms. The molecule has 5 heteroatoms. The van der Waals surface area contributed by atoms with Gasteiger partial charge < -0.3 is 14.4 Å². The fourth-order valence-electron chi connectivity index (χ4n) is 4.77. The van der Waals surface area contributed by atoms with Gasteiger partial charge in [0.25, 0.3) is 0 Å². The number of hydrogen-bond donors (Lipinski definition) is 0. The molecule has 1 fully saturated rings. The van der Waals surface area contributed by atoms with Gasteiger partial charge in [-0.3, -0.25) is 0 Å². The molecule has 2 aliphatic rings. The topological polar surface area (TPSA) is 21.7 Å². The van der Waals surface area contributed by atoms with Gasteiger partial charge in [-0.2, -0.15) is 11.8 Å². The van der Waals surface area contributed by atoms with Gasteiger partial charge in [-0.25, -0.2) is 0 Å². The molecule has 1 atom stereocenters. The van der Waals surface area contributed by atoms with Gasteiger partial charge in [-0.05, 0) is 35.0 Å². The zero-order valence-corrected chi connectivity index (χ0v) is 20.1. The number of nitrogens with zero attached hydrogens (tertiary/aromatic N) is 1. The number of hydrogen-bond acceptors (Lipinski definition) is 5. The molecule has 4 aromatic rings. The van der Waals surface area contributed by atoms with E-state index in [9.17, 15) is 0 Å². The molecule has 3 nitrogen and oxygen atoms in total. The molecule has 6 rings (SSSR count). The Balaban J connectivity index is 1.45. The molecule has 3 aromatic carbocycles. The highest BCUT2D eigenvalue weighted by Crippen LogP contribution is 2.44. The van der Waals surface area contributed by atoms with Gasteiger partial charge in [0.1, 0.15) is 17.6 Å². The van der Waals surface area contributed by atoms with Crippen molar-refractivity contribution in [2.24, 2.45) is 0 Å². The Labute approximate surface area is 202 Å². The highest BCUT2D eigenvalue weighted by atomic mass is 32.2. The summed E-state index contributed by atoms with van der Waals surface area (Å²) in [6, 6.07) is 21.5. The van der Waals surface area contributed by atoms with Crippen LogP contribution in [0.25, 0.3) is 27.3 Å². The zero-order chi connectivity index (χ0) is 22.2. The number of anilines is 1. The minimum atomic E-state index is -0.147. The lowest BCUT2D eigenvalue weighted by Gasteiger charge is -2.32. The van der Waals surface area contributed by atoms with Crippen LogP contribution in [0, 0.1) is 0 Å². The lowest BCUT2D eigenvalue weighted by Crippen LogP contribution is -2.32. The molecule has 0 aliphatic carbocycles. The van der Waals surface area contributed by atoms with Crippen molar-refractivity contribution < 1.29 is 9.47 Å². The van der Waals surface area contributed by atoms with E-state index in [1.165, 1.54) is 38.4 Å². The van der Waals surface area contributed by atoms with Crippen molar-refractivity contribution in [1.29, 1.82) is 0 Å². The average molecular weight is 472 g/mol. The van der Waals surface area contributed by atoms with Crippen LogP contribution in [0.2, 0.25) is 0 Å². The molecule has 1 saturated heterocycles. The molecule has 1 aromatic heterocycles. The summed E-state index contributed by atoms with van der Waals surface area (Å²) >= 11 is 3.77. The SMILES string of the molecule is COc1ccc(C2C=Cc3c(cc(N4CCSCC4)c4ccccc34)O2)c(-c2cccs2)c1.